The minimum Gasteiger partial charge on any atom is -0.489 e. The van der Waals surface area contributed by atoms with Gasteiger partial charge in [-0.3, -0.25) is 4.99 Å². The topological polar surface area (TPSA) is 36.9 Å². The Balaban J connectivity index is 0.00000162. The maximum atomic E-state index is 5.77. The number of likely N-dealkylation sites (N-methyl/N-ethyl adjacent to an activating group) is 1. The second kappa shape index (κ2) is 7.45. The monoisotopic (exact) mass is 361 g/mol. The molecule has 1 atom stereocenters. The summed E-state index contributed by atoms with van der Waals surface area (Å²) in [4.78, 5) is 6.49. The molecule has 0 amide bonds. The Morgan fingerprint density at radius 3 is 2.72 bits per heavy atom. The van der Waals surface area contributed by atoms with Crippen LogP contribution in [-0.4, -0.2) is 43.6 Å². The number of guanidine groups is 1. The highest BCUT2D eigenvalue weighted by atomic mass is 127. The molecule has 5 heteroatoms. The number of hydrogen-bond acceptors (Lipinski definition) is 4. The van der Waals surface area contributed by atoms with E-state index in [1.807, 2.05) is 37.4 Å². The zero-order chi connectivity index (χ0) is 12.1. The molecular formula is C13H20IN3O. The van der Waals surface area contributed by atoms with E-state index in [2.05, 4.69) is 22.1 Å². The van der Waals surface area contributed by atoms with Crippen molar-refractivity contribution in [3.8, 4) is 5.75 Å². The fourth-order valence-corrected chi connectivity index (χ4v) is 1.73. The first-order valence-electron chi connectivity index (χ1n) is 5.97. The largest absolute Gasteiger partial charge is 0.489 e. The molecule has 18 heavy (non-hydrogen) atoms. The van der Waals surface area contributed by atoms with Crippen molar-refractivity contribution in [3.63, 3.8) is 0 Å². The molecule has 0 saturated heterocycles. The van der Waals surface area contributed by atoms with Crippen LogP contribution in [0.1, 0.15) is 6.92 Å². The highest BCUT2D eigenvalue weighted by molar-refractivity contribution is 14.0. The maximum absolute atomic E-state index is 5.77. The van der Waals surface area contributed by atoms with Crippen molar-refractivity contribution in [2.75, 3.05) is 26.7 Å². The van der Waals surface area contributed by atoms with E-state index in [-0.39, 0.29) is 30.1 Å². The standard InChI is InChI=1S/C13H19N3O.HI/c1-11(17-12-6-4-3-5-7-12)10-15-13-14-8-9-16(13)2;/h3-7,11H,8-10H2,1-2H3,(H,14,15);1H. The van der Waals surface area contributed by atoms with Crippen LogP contribution in [0.2, 0.25) is 0 Å². The highest BCUT2D eigenvalue weighted by Gasteiger charge is 2.13. The smallest absolute Gasteiger partial charge is 0.193 e. The van der Waals surface area contributed by atoms with Crippen molar-refractivity contribution in [2.45, 2.75) is 13.0 Å². The Bertz CT molecular complexity index is 383. The molecule has 4 nitrogen and oxygen atoms in total. The summed E-state index contributed by atoms with van der Waals surface area (Å²) < 4.78 is 5.77. The number of nitrogens with zero attached hydrogens (tertiary/aromatic N) is 2. The summed E-state index contributed by atoms with van der Waals surface area (Å²) in [5.41, 5.74) is 0. The van der Waals surface area contributed by atoms with E-state index in [4.69, 9.17) is 4.74 Å². The van der Waals surface area contributed by atoms with E-state index >= 15 is 0 Å². The van der Waals surface area contributed by atoms with Gasteiger partial charge in [-0.05, 0) is 19.1 Å². The van der Waals surface area contributed by atoms with Crippen molar-refractivity contribution < 1.29 is 4.74 Å². The quantitative estimate of drug-likeness (QED) is 0.834. The molecule has 0 saturated carbocycles. The van der Waals surface area contributed by atoms with Gasteiger partial charge in [-0.2, -0.15) is 0 Å². The zero-order valence-corrected chi connectivity index (χ0v) is 13.1. The third-order valence-corrected chi connectivity index (χ3v) is 2.69. The number of benzene rings is 1. The SMILES string of the molecule is CC(CNC1=NCCN1C)Oc1ccccc1.I. The number of halogens is 1. The van der Waals surface area contributed by atoms with Gasteiger partial charge in [0.25, 0.3) is 0 Å². The Morgan fingerprint density at radius 2 is 2.11 bits per heavy atom. The normalized spacial score (nSPS) is 15.7. The summed E-state index contributed by atoms with van der Waals surface area (Å²) in [6, 6.07) is 9.87. The van der Waals surface area contributed by atoms with Crippen LogP contribution in [0.5, 0.6) is 5.75 Å². The molecule has 1 unspecified atom stereocenters. The lowest BCUT2D eigenvalue weighted by atomic mass is 10.3. The number of nitrogens with one attached hydrogen (secondary N) is 1. The van der Waals surface area contributed by atoms with Crippen molar-refractivity contribution >= 4 is 29.9 Å². The molecule has 0 fully saturated rings. The number of rotatable bonds is 4. The van der Waals surface area contributed by atoms with Gasteiger partial charge in [0.05, 0.1) is 13.1 Å². The number of para-hydroxylation sites is 1. The van der Waals surface area contributed by atoms with E-state index in [9.17, 15) is 0 Å². The summed E-state index contributed by atoms with van der Waals surface area (Å²) in [5.74, 6) is 1.87. The van der Waals surface area contributed by atoms with Crippen LogP contribution in [0.25, 0.3) is 0 Å². The van der Waals surface area contributed by atoms with Gasteiger partial charge in [-0.1, -0.05) is 18.2 Å². The van der Waals surface area contributed by atoms with Crippen LogP contribution < -0.4 is 10.1 Å². The molecule has 1 aliphatic rings. The van der Waals surface area contributed by atoms with Gasteiger partial charge in [0.15, 0.2) is 5.96 Å². The highest BCUT2D eigenvalue weighted by Crippen LogP contribution is 2.10. The van der Waals surface area contributed by atoms with Crippen molar-refractivity contribution in [3.05, 3.63) is 30.3 Å². The predicted molar refractivity (Wildman–Crippen MR) is 84.9 cm³/mol. The molecule has 1 heterocycles. The minimum atomic E-state index is 0. The Morgan fingerprint density at radius 1 is 1.39 bits per heavy atom. The summed E-state index contributed by atoms with van der Waals surface area (Å²) in [5, 5.41) is 3.30. The molecule has 0 bridgehead atoms. The molecule has 1 aliphatic heterocycles. The Kier molecular flexibility index (Phi) is 6.24. The Hall–Kier alpha value is -0.980. The third-order valence-electron chi connectivity index (χ3n) is 2.69. The average Bonchev–Trinajstić information content (AvgIpc) is 2.74. The lowest BCUT2D eigenvalue weighted by molar-refractivity contribution is 0.223. The predicted octanol–water partition coefficient (Wildman–Crippen LogP) is 1.96. The van der Waals surface area contributed by atoms with Crippen LogP contribution in [0.15, 0.2) is 35.3 Å². The molecular weight excluding hydrogens is 341 g/mol. The van der Waals surface area contributed by atoms with E-state index in [1.54, 1.807) is 0 Å². The van der Waals surface area contributed by atoms with Gasteiger partial charge in [0.2, 0.25) is 0 Å². The second-order valence-corrected chi connectivity index (χ2v) is 4.25. The summed E-state index contributed by atoms with van der Waals surface area (Å²) in [6.45, 7) is 4.69. The minimum absolute atomic E-state index is 0. The van der Waals surface area contributed by atoms with Gasteiger partial charge in [-0.15, -0.1) is 24.0 Å². The summed E-state index contributed by atoms with van der Waals surface area (Å²) in [6.07, 6.45) is 0.120. The first-order valence-corrected chi connectivity index (χ1v) is 5.97. The summed E-state index contributed by atoms with van der Waals surface area (Å²) >= 11 is 0. The molecule has 2 rings (SSSR count). The molecule has 0 aromatic heterocycles. The maximum Gasteiger partial charge on any atom is 0.193 e. The number of hydrogen-bond donors (Lipinski definition) is 1. The number of ether oxygens (including phenoxy) is 1. The van der Waals surface area contributed by atoms with Crippen molar-refractivity contribution in [1.29, 1.82) is 0 Å². The fraction of sp³-hybridized carbons (Fsp3) is 0.462. The van der Waals surface area contributed by atoms with Crippen molar-refractivity contribution in [1.82, 2.24) is 10.2 Å². The lowest BCUT2D eigenvalue weighted by Gasteiger charge is -2.19. The average molecular weight is 361 g/mol. The van der Waals surface area contributed by atoms with Crippen LogP contribution in [0, 0.1) is 0 Å². The first kappa shape index (κ1) is 15.1. The van der Waals surface area contributed by atoms with Gasteiger partial charge in [0, 0.05) is 13.6 Å². The van der Waals surface area contributed by atoms with Gasteiger partial charge in [0.1, 0.15) is 11.9 Å². The van der Waals surface area contributed by atoms with Crippen LogP contribution in [0.3, 0.4) is 0 Å². The van der Waals surface area contributed by atoms with E-state index in [0.717, 1.165) is 31.3 Å². The molecule has 0 radical (unpaired) electrons. The van der Waals surface area contributed by atoms with Gasteiger partial charge in [-0.25, -0.2) is 0 Å². The molecule has 1 aromatic carbocycles. The van der Waals surface area contributed by atoms with Crippen molar-refractivity contribution in [2.24, 2.45) is 4.99 Å². The molecule has 100 valence electrons. The summed E-state index contributed by atoms with van der Waals surface area (Å²) in [7, 11) is 2.04. The zero-order valence-electron chi connectivity index (χ0n) is 10.8. The lowest BCUT2D eigenvalue weighted by Crippen LogP contribution is -2.40. The van der Waals surface area contributed by atoms with Crippen LogP contribution in [0.4, 0.5) is 0 Å². The van der Waals surface area contributed by atoms with E-state index < -0.39 is 0 Å². The molecule has 1 N–H and O–H groups in total. The first-order chi connectivity index (χ1) is 8.25. The molecule has 0 aliphatic carbocycles. The van der Waals surface area contributed by atoms with Gasteiger partial charge >= 0.3 is 0 Å². The Labute approximate surface area is 125 Å². The molecule has 1 aromatic rings. The van der Waals surface area contributed by atoms with E-state index in [0.29, 0.717) is 0 Å². The van der Waals surface area contributed by atoms with Crippen LogP contribution >= 0.6 is 24.0 Å². The fourth-order valence-electron chi connectivity index (χ4n) is 1.73. The second-order valence-electron chi connectivity index (χ2n) is 4.25. The number of aliphatic imine (C=N–C) groups is 1. The molecule has 0 spiro atoms. The van der Waals surface area contributed by atoms with Crippen LogP contribution in [-0.2, 0) is 0 Å². The third kappa shape index (κ3) is 4.36. The van der Waals surface area contributed by atoms with Gasteiger partial charge < -0.3 is 15.0 Å². The van der Waals surface area contributed by atoms with E-state index in [1.165, 1.54) is 0 Å².